The molecule has 4 rings (SSSR count). The molecule has 0 radical (unpaired) electrons. The summed E-state index contributed by atoms with van der Waals surface area (Å²) in [5.74, 6) is 1.32. The van der Waals surface area contributed by atoms with Gasteiger partial charge in [-0.1, -0.05) is 18.2 Å². The van der Waals surface area contributed by atoms with Crippen LogP contribution in [-0.4, -0.2) is 24.6 Å². The zero-order valence-corrected chi connectivity index (χ0v) is 19.8. The Bertz CT molecular complexity index is 1320. The fourth-order valence-corrected chi connectivity index (χ4v) is 4.00. The molecule has 1 N–H and O–H groups in total. The van der Waals surface area contributed by atoms with Crippen LogP contribution in [-0.2, 0) is 11.3 Å². The van der Waals surface area contributed by atoms with Crippen molar-refractivity contribution in [2.75, 3.05) is 13.7 Å². The van der Waals surface area contributed by atoms with Gasteiger partial charge in [0, 0.05) is 34.3 Å². The summed E-state index contributed by atoms with van der Waals surface area (Å²) in [7, 11) is 1.63. The molecule has 2 aromatic carbocycles. The molecule has 0 atom stereocenters. The summed E-state index contributed by atoms with van der Waals surface area (Å²) in [5, 5.41) is 3.85. The number of nitrogens with one attached hydrogen (secondary N) is 1. The van der Waals surface area contributed by atoms with Crippen LogP contribution in [0.5, 0.6) is 11.5 Å². The van der Waals surface area contributed by atoms with E-state index < -0.39 is 0 Å². The minimum Gasteiger partial charge on any atom is -0.496 e. The van der Waals surface area contributed by atoms with E-state index in [9.17, 15) is 4.79 Å². The average molecular weight is 457 g/mol. The van der Waals surface area contributed by atoms with E-state index in [1.165, 1.54) is 0 Å². The standard InChI is InChI=1S/C28H28N2O4/c1-5-33-22-11-9-20(10-12-22)25-17-34-28-19(3)27(32-4)23(15-24(25)28)18(2)14-26(31)30-16-21-8-6-7-13-29-21/h6-15,17H,5,16H2,1-4H3,(H,30,31)/b18-14+. The summed E-state index contributed by atoms with van der Waals surface area (Å²) >= 11 is 0. The van der Waals surface area contributed by atoms with E-state index >= 15 is 0 Å². The van der Waals surface area contributed by atoms with Gasteiger partial charge in [0.1, 0.15) is 17.1 Å². The number of hydrogen-bond acceptors (Lipinski definition) is 5. The van der Waals surface area contributed by atoms with Gasteiger partial charge in [0.15, 0.2) is 0 Å². The van der Waals surface area contributed by atoms with Crippen LogP contribution in [0.15, 0.2) is 71.5 Å². The van der Waals surface area contributed by atoms with Gasteiger partial charge in [-0.25, -0.2) is 0 Å². The summed E-state index contributed by atoms with van der Waals surface area (Å²) in [5.41, 5.74) is 6.07. The molecule has 1 amide bonds. The molecular weight excluding hydrogens is 428 g/mol. The second-order valence-electron chi connectivity index (χ2n) is 7.93. The number of nitrogens with zero attached hydrogens (tertiary/aromatic N) is 1. The molecule has 2 aromatic heterocycles. The quantitative estimate of drug-likeness (QED) is 0.333. The van der Waals surface area contributed by atoms with E-state index in [4.69, 9.17) is 13.9 Å². The van der Waals surface area contributed by atoms with Crippen LogP contribution in [0, 0.1) is 6.92 Å². The number of furan rings is 1. The predicted octanol–water partition coefficient (Wildman–Crippen LogP) is 5.93. The number of methoxy groups -OCH3 is 1. The number of pyridine rings is 1. The molecule has 0 spiro atoms. The highest BCUT2D eigenvalue weighted by Gasteiger charge is 2.19. The van der Waals surface area contributed by atoms with Crippen molar-refractivity contribution in [3.8, 4) is 22.6 Å². The van der Waals surface area contributed by atoms with Gasteiger partial charge in [-0.2, -0.15) is 0 Å². The Kier molecular flexibility index (Phi) is 6.97. The van der Waals surface area contributed by atoms with E-state index in [1.54, 1.807) is 25.6 Å². The van der Waals surface area contributed by atoms with Crippen LogP contribution in [0.4, 0.5) is 0 Å². The molecule has 0 unspecified atom stereocenters. The zero-order valence-electron chi connectivity index (χ0n) is 19.8. The van der Waals surface area contributed by atoms with E-state index in [1.807, 2.05) is 69.3 Å². The number of carbonyl (C=O) groups excluding carboxylic acids is 1. The third-order valence-electron chi connectivity index (χ3n) is 5.67. The second-order valence-corrected chi connectivity index (χ2v) is 7.93. The Morgan fingerprint density at radius 3 is 2.65 bits per heavy atom. The van der Waals surface area contributed by atoms with Crippen molar-refractivity contribution in [1.82, 2.24) is 10.3 Å². The van der Waals surface area contributed by atoms with Crippen molar-refractivity contribution >= 4 is 22.4 Å². The normalized spacial score (nSPS) is 11.5. The fourth-order valence-electron chi connectivity index (χ4n) is 4.00. The number of rotatable bonds is 8. The lowest BCUT2D eigenvalue weighted by atomic mass is 9.96. The van der Waals surface area contributed by atoms with E-state index in [2.05, 4.69) is 10.3 Å². The minimum atomic E-state index is -0.193. The molecule has 0 aliphatic rings. The maximum Gasteiger partial charge on any atom is 0.244 e. The molecule has 6 nitrogen and oxygen atoms in total. The number of allylic oxidation sites excluding steroid dienone is 1. The second kappa shape index (κ2) is 10.3. The zero-order chi connectivity index (χ0) is 24.1. The van der Waals surface area contributed by atoms with Crippen LogP contribution in [0.3, 0.4) is 0 Å². The maximum atomic E-state index is 12.6. The number of aryl methyl sites for hydroxylation is 1. The van der Waals surface area contributed by atoms with Gasteiger partial charge in [-0.05, 0) is 62.2 Å². The van der Waals surface area contributed by atoms with Crippen LogP contribution in [0.1, 0.15) is 30.7 Å². The first kappa shape index (κ1) is 23.1. The van der Waals surface area contributed by atoms with Gasteiger partial charge >= 0.3 is 0 Å². The average Bonchev–Trinajstić information content (AvgIpc) is 3.28. The Balaban J connectivity index is 1.68. The summed E-state index contributed by atoms with van der Waals surface area (Å²) in [6, 6.07) is 15.6. The van der Waals surface area contributed by atoms with E-state index in [-0.39, 0.29) is 5.91 Å². The summed E-state index contributed by atoms with van der Waals surface area (Å²) in [6.45, 7) is 6.81. The summed E-state index contributed by atoms with van der Waals surface area (Å²) in [6.07, 6.45) is 5.05. The minimum absolute atomic E-state index is 0.193. The molecule has 0 saturated heterocycles. The van der Waals surface area contributed by atoms with Gasteiger partial charge in [0.2, 0.25) is 5.91 Å². The molecule has 0 aliphatic carbocycles. The molecule has 4 aromatic rings. The lowest BCUT2D eigenvalue weighted by molar-refractivity contribution is -0.116. The number of aromatic nitrogens is 1. The summed E-state index contributed by atoms with van der Waals surface area (Å²) < 4.78 is 17.2. The third-order valence-corrected chi connectivity index (χ3v) is 5.67. The monoisotopic (exact) mass is 456 g/mol. The highest BCUT2D eigenvalue weighted by Crippen LogP contribution is 2.40. The van der Waals surface area contributed by atoms with Gasteiger partial charge in [0.05, 0.1) is 32.2 Å². The van der Waals surface area contributed by atoms with Crippen molar-refractivity contribution in [2.24, 2.45) is 0 Å². The Labute approximate surface area is 199 Å². The number of benzene rings is 2. The van der Waals surface area contributed by atoms with Crippen LogP contribution >= 0.6 is 0 Å². The first-order valence-electron chi connectivity index (χ1n) is 11.2. The number of fused-ring (bicyclic) bond motifs is 1. The van der Waals surface area contributed by atoms with Crippen molar-refractivity contribution in [3.63, 3.8) is 0 Å². The molecule has 34 heavy (non-hydrogen) atoms. The Morgan fingerprint density at radius 1 is 1.18 bits per heavy atom. The maximum absolute atomic E-state index is 12.6. The number of hydrogen-bond donors (Lipinski definition) is 1. The lowest BCUT2D eigenvalue weighted by Crippen LogP contribution is -2.21. The summed E-state index contributed by atoms with van der Waals surface area (Å²) in [4.78, 5) is 16.8. The molecule has 174 valence electrons. The van der Waals surface area contributed by atoms with Crippen molar-refractivity contribution < 1.29 is 18.7 Å². The van der Waals surface area contributed by atoms with Crippen LogP contribution in [0.25, 0.3) is 27.7 Å². The lowest BCUT2D eigenvalue weighted by Gasteiger charge is -2.13. The molecule has 2 heterocycles. The molecule has 0 aliphatic heterocycles. The van der Waals surface area contributed by atoms with Gasteiger partial charge < -0.3 is 19.2 Å². The smallest absolute Gasteiger partial charge is 0.244 e. The van der Waals surface area contributed by atoms with Crippen molar-refractivity contribution in [3.05, 3.63) is 83.9 Å². The topological polar surface area (TPSA) is 73.6 Å². The van der Waals surface area contributed by atoms with Gasteiger partial charge in [-0.3, -0.25) is 9.78 Å². The molecular formula is C28H28N2O4. The highest BCUT2D eigenvalue weighted by atomic mass is 16.5. The Morgan fingerprint density at radius 2 is 1.97 bits per heavy atom. The van der Waals surface area contributed by atoms with Crippen molar-refractivity contribution in [2.45, 2.75) is 27.3 Å². The molecule has 6 heteroatoms. The number of amides is 1. The molecule has 0 bridgehead atoms. The number of carbonyl (C=O) groups is 1. The van der Waals surface area contributed by atoms with Crippen LogP contribution in [0.2, 0.25) is 0 Å². The van der Waals surface area contributed by atoms with Gasteiger partial charge in [0.25, 0.3) is 0 Å². The predicted molar refractivity (Wildman–Crippen MR) is 134 cm³/mol. The van der Waals surface area contributed by atoms with E-state index in [0.29, 0.717) is 18.9 Å². The van der Waals surface area contributed by atoms with E-state index in [0.717, 1.165) is 50.2 Å². The third kappa shape index (κ3) is 4.81. The SMILES string of the molecule is CCOc1ccc(-c2coc3c(C)c(OC)c(/C(C)=C/C(=O)NCc4ccccn4)cc23)cc1. The highest BCUT2D eigenvalue weighted by molar-refractivity contribution is 6.01. The fraction of sp³-hybridized carbons (Fsp3) is 0.214. The van der Waals surface area contributed by atoms with Crippen molar-refractivity contribution in [1.29, 1.82) is 0 Å². The first-order valence-corrected chi connectivity index (χ1v) is 11.2. The first-order chi connectivity index (χ1) is 16.5. The van der Waals surface area contributed by atoms with Crippen LogP contribution < -0.4 is 14.8 Å². The largest absolute Gasteiger partial charge is 0.496 e. The molecule has 0 fully saturated rings. The van der Waals surface area contributed by atoms with Gasteiger partial charge in [-0.15, -0.1) is 0 Å². The number of ether oxygens (including phenoxy) is 2. The molecule has 0 saturated carbocycles. The Hall–Kier alpha value is -4.06.